The van der Waals surface area contributed by atoms with Gasteiger partial charge in [-0.2, -0.15) is 10.1 Å². The van der Waals surface area contributed by atoms with Crippen molar-refractivity contribution in [1.29, 1.82) is 0 Å². The minimum atomic E-state index is -0.349. The summed E-state index contributed by atoms with van der Waals surface area (Å²) in [7, 11) is 0. The molecule has 10 heteroatoms. The van der Waals surface area contributed by atoms with Gasteiger partial charge in [-0.05, 0) is 48.0 Å². The lowest BCUT2D eigenvalue weighted by Crippen LogP contribution is -2.45. The minimum absolute atomic E-state index is 0.0486. The Morgan fingerprint density at radius 1 is 1.45 bits per heavy atom. The summed E-state index contributed by atoms with van der Waals surface area (Å²) < 4.78 is 8.41. The van der Waals surface area contributed by atoms with E-state index in [1.165, 1.54) is 0 Å². The highest BCUT2D eigenvalue weighted by Gasteiger charge is 2.36. The van der Waals surface area contributed by atoms with E-state index in [1.807, 2.05) is 48.3 Å². The maximum Gasteiger partial charge on any atom is 0.150 e. The Kier molecular flexibility index (Phi) is 5.67. The number of aliphatic hydroxyl groups excluding tert-OH is 1. The Labute approximate surface area is 182 Å². The summed E-state index contributed by atoms with van der Waals surface area (Å²) in [5, 5.41) is 19.2. The summed E-state index contributed by atoms with van der Waals surface area (Å²) in [5.74, 6) is 1.46. The van der Waals surface area contributed by atoms with Crippen LogP contribution in [0.1, 0.15) is 25.5 Å². The van der Waals surface area contributed by atoms with E-state index < -0.39 is 0 Å². The molecule has 0 amide bonds. The maximum atomic E-state index is 9.48. The van der Waals surface area contributed by atoms with Crippen molar-refractivity contribution in [3.8, 4) is 5.75 Å². The highest BCUT2D eigenvalue weighted by atomic mass is 79.9. The summed E-state index contributed by atoms with van der Waals surface area (Å²) in [5.41, 5.74) is 8.03. The van der Waals surface area contributed by atoms with Gasteiger partial charge in [-0.25, -0.2) is 4.99 Å². The van der Waals surface area contributed by atoms with Crippen LogP contribution in [0.4, 0.5) is 0 Å². The molecule has 2 aliphatic heterocycles. The van der Waals surface area contributed by atoms with Crippen LogP contribution in [-0.2, 0) is 6.54 Å². The van der Waals surface area contributed by atoms with Gasteiger partial charge < -0.3 is 15.6 Å². The molecule has 1 aromatic heterocycles. The molecule has 3 heterocycles. The zero-order valence-electron chi connectivity index (χ0n) is 16.1. The SMILES string of the molecule is CCOc1c(C(C)N2C(N)C=C3N=CC=CN32)cc(Cl)c2c(Br)nn(CCO)c12. The average Bonchev–Trinajstić information content (AvgIpc) is 3.20. The van der Waals surface area contributed by atoms with E-state index in [2.05, 4.69) is 26.0 Å². The Hall–Kier alpha value is -1.91. The molecule has 8 nitrogen and oxygen atoms in total. The van der Waals surface area contributed by atoms with Crippen LogP contribution in [0.2, 0.25) is 5.02 Å². The lowest BCUT2D eigenvalue weighted by Gasteiger charge is -2.37. The first kappa shape index (κ1) is 20.4. The van der Waals surface area contributed by atoms with E-state index in [-0.39, 0.29) is 18.8 Å². The van der Waals surface area contributed by atoms with E-state index >= 15 is 0 Å². The first-order valence-corrected chi connectivity index (χ1v) is 10.5. The lowest BCUT2D eigenvalue weighted by atomic mass is 10.0. The Bertz CT molecular complexity index is 1030. The number of aromatic nitrogens is 2. The molecule has 2 aliphatic rings. The Morgan fingerprint density at radius 3 is 2.97 bits per heavy atom. The molecule has 2 aromatic rings. The number of hydrogen-bond donors (Lipinski definition) is 2. The van der Waals surface area contributed by atoms with Crippen molar-refractivity contribution in [2.24, 2.45) is 10.7 Å². The van der Waals surface area contributed by atoms with Gasteiger partial charge in [-0.1, -0.05) is 11.6 Å². The van der Waals surface area contributed by atoms with Crippen molar-refractivity contribution >= 4 is 44.6 Å². The van der Waals surface area contributed by atoms with Crippen LogP contribution in [0.25, 0.3) is 10.9 Å². The molecule has 1 aromatic carbocycles. The average molecular weight is 482 g/mol. The lowest BCUT2D eigenvalue weighted by molar-refractivity contribution is 0.00811. The number of halogens is 2. The summed E-state index contributed by atoms with van der Waals surface area (Å²) in [6.07, 6.45) is 7.09. The fourth-order valence-electron chi connectivity index (χ4n) is 3.80. The molecule has 2 atom stereocenters. The number of hydrogen-bond acceptors (Lipinski definition) is 7. The van der Waals surface area contributed by atoms with Gasteiger partial charge >= 0.3 is 0 Å². The third-order valence-electron chi connectivity index (χ3n) is 4.98. The number of nitrogens with two attached hydrogens (primary N) is 1. The number of allylic oxidation sites excluding steroid dienone is 1. The first-order valence-electron chi connectivity index (χ1n) is 9.35. The molecule has 0 radical (unpaired) electrons. The summed E-state index contributed by atoms with van der Waals surface area (Å²) in [6, 6.07) is 1.73. The largest absolute Gasteiger partial charge is 0.491 e. The van der Waals surface area contributed by atoms with Crippen molar-refractivity contribution in [1.82, 2.24) is 19.8 Å². The van der Waals surface area contributed by atoms with Crippen LogP contribution in [0.3, 0.4) is 0 Å². The van der Waals surface area contributed by atoms with E-state index in [1.54, 1.807) is 10.9 Å². The van der Waals surface area contributed by atoms with Crippen molar-refractivity contribution in [2.45, 2.75) is 32.6 Å². The number of aliphatic imine (C=N–C) groups is 1. The van der Waals surface area contributed by atoms with Crippen LogP contribution in [0, 0.1) is 0 Å². The van der Waals surface area contributed by atoms with Gasteiger partial charge in [0.2, 0.25) is 0 Å². The molecule has 3 N–H and O–H groups in total. The van der Waals surface area contributed by atoms with Crippen LogP contribution < -0.4 is 10.5 Å². The van der Waals surface area contributed by atoms with Crippen LogP contribution in [0.5, 0.6) is 5.75 Å². The maximum absolute atomic E-state index is 9.48. The predicted octanol–water partition coefficient (Wildman–Crippen LogP) is 3.16. The second-order valence-electron chi connectivity index (χ2n) is 6.71. The van der Waals surface area contributed by atoms with E-state index in [4.69, 9.17) is 22.1 Å². The number of rotatable bonds is 6. The van der Waals surface area contributed by atoms with Crippen molar-refractivity contribution < 1.29 is 9.84 Å². The molecule has 0 saturated carbocycles. The molecular weight excluding hydrogens is 460 g/mol. The molecular formula is C19H22BrClN6O2. The number of nitrogens with zero attached hydrogens (tertiary/aromatic N) is 5. The number of hydrazine groups is 1. The number of fused-ring (bicyclic) bond motifs is 2. The van der Waals surface area contributed by atoms with Crippen molar-refractivity contribution in [3.05, 3.63) is 45.4 Å². The monoisotopic (exact) mass is 480 g/mol. The standard InChI is InChI=1S/C19H22BrClN6O2/c1-3-29-18-12(9-13(21)16-17(18)25(7-8-28)24-19(16)20)11(2)27-14(22)10-15-23-5-4-6-26(15)27/h4-6,9-11,14,28H,3,7-8,22H2,1-2H3. The van der Waals surface area contributed by atoms with Crippen LogP contribution in [-0.4, -0.2) is 50.5 Å². The smallest absolute Gasteiger partial charge is 0.150 e. The molecule has 0 fully saturated rings. The number of ether oxygens (including phenoxy) is 1. The topological polar surface area (TPSA) is 92.1 Å². The third-order valence-corrected chi connectivity index (χ3v) is 5.84. The van der Waals surface area contributed by atoms with Gasteiger partial charge in [0.15, 0.2) is 0 Å². The Morgan fingerprint density at radius 2 is 2.24 bits per heavy atom. The second-order valence-corrected chi connectivity index (χ2v) is 7.86. The van der Waals surface area contributed by atoms with Gasteiger partial charge in [0, 0.05) is 18.0 Å². The van der Waals surface area contributed by atoms with Crippen molar-refractivity contribution in [2.75, 3.05) is 13.2 Å². The summed E-state index contributed by atoms with van der Waals surface area (Å²) in [6.45, 7) is 4.73. The molecule has 0 saturated heterocycles. The predicted molar refractivity (Wildman–Crippen MR) is 116 cm³/mol. The fraction of sp³-hybridized carbons (Fsp3) is 0.368. The van der Waals surface area contributed by atoms with Gasteiger partial charge in [0.25, 0.3) is 0 Å². The summed E-state index contributed by atoms with van der Waals surface area (Å²) >= 11 is 10.1. The molecule has 2 unspecified atom stereocenters. The zero-order valence-corrected chi connectivity index (χ0v) is 18.4. The normalized spacial score (nSPS) is 19.7. The van der Waals surface area contributed by atoms with Crippen molar-refractivity contribution in [3.63, 3.8) is 0 Å². The highest BCUT2D eigenvalue weighted by Crippen LogP contribution is 2.44. The van der Waals surface area contributed by atoms with Gasteiger partial charge in [-0.3, -0.25) is 9.69 Å². The van der Waals surface area contributed by atoms with E-state index in [0.29, 0.717) is 28.5 Å². The quantitative estimate of drug-likeness (QED) is 0.658. The second kappa shape index (κ2) is 8.08. The van der Waals surface area contributed by atoms with Gasteiger partial charge in [-0.15, -0.1) is 0 Å². The molecule has 154 valence electrons. The molecule has 0 spiro atoms. The first-order chi connectivity index (χ1) is 14.0. The van der Waals surface area contributed by atoms with E-state index in [0.717, 1.165) is 22.3 Å². The number of aliphatic hydroxyl groups is 1. The molecule has 0 aliphatic carbocycles. The summed E-state index contributed by atoms with van der Waals surface area (Å²) in [4.78, 5) is 4.38. The minimum Gasteiger partial charge on any atom is -0.491 e. The fourth-order valence-corrected chi connectivity index (χ4v) is 4.80. The van der Waals surface area contributed by atoms with Crippen LogP contribution >= 0.6 is 27.5 Å². The third kappa shape index (κ3) is 3.36. The zero-order chi connectivity index (χ0) is 20.7. The van der Waals surface area contributed by atoms with Gasteiger partial charge in [0.05, 0.1) is 42.4 Å². The van der Waals surface area contributed by atoms with E-state index in [9.17, 15) is 5.11 Å². The molecule has 4 rings (SSSR count). The Balaban J connectivity index is 1.87. The highest BCUT2D eigenvalue weighted by molar-refractivity contribution is 9.10. The molecule has 0 bridgehead atoms. The van der Waals surface area contributed by atoms with Gasteiger partial charge in [0.1, 0.15) is 21.7 Å². The number of benzene rings is 1. The molecule has 29 heavy (non-hydrogen) atoms. The van der Waals surface area contributed by atoms with Crippen LogP contribution in [0.15, 0.2) is 39.8 Å².